The first kappa shape index (κ1) is 15.0. The SMILES string of the molecule is O=C(c1ccc(Cl)cc1)P(c1ccccc1)c1ccccc1. The smallest absolute Gasteiger partial charge is 0.193 e. The average molecular weight is 325 g/mol. The van der Waals surface area contributed by atoms with Gasteiger partial charge >= 0.3 is 0 Å². The lowest BCUT2D eigenvalue weighted by atomic mass is 10.2. The van der Waals surface area contributed by atoms with Crippen LogP contribution >= 0.6 is 19.5 Å². The lowest BCUT2D eigenvalue weighted by Crippen LogP contribution is -2.18. The summed E-state index contributed by atoms with van der Waals surface area (Å²) in [4.78, 5) is 13.0. The minimum atomic E-state index is -1.08. The topological polar surface area (TPSA) is 17.1 Å². The number of benzene rings is 3. The largest absolute Gasteiger partial charge is 0.288 e. The van der Waals surface area contributed by atoms with Crippen LogP contribution in [0.2, 0.25) is 5.02 Å². The van der Waals surface area contributed by atoms with Crippen LogP contribution in [0, 0.1) is 0 Å². The van der Waals surface area contributed by atoms with E-state index >= 15 is 0 Å². The maximum Gasteiger partial charge on any atom is 0.193 e. The monoisotopic (exact) mass is 324 g/mol. The summed E-state index contributed by atoms with van der Waals surface area (Å²) < 4.78 is 0. The Kier molecular flexibility index (Phi) is 4.68. The molecular weight excluding hydrogens is 311 g/mol. The molecule has 0 bridgehead atoms. The molecule has 3 heteroatoms. The van der Waals surface area contributed by atoms with Gasteiger partial charge in [0.1, 0.15) is 0 Å². The molecule has 0 unspecified atom stereocenters. The molecule has 0 aromatic heterocycles. The fourth-order valence-electron chi connectivity index (χ4n) is 2.26. The second-order valence-corrected chi connectivity index (χ2v) is 7.36. The van der Waals surface area contributed by atoms with Crippen molar-refractivity contribution in [2.75, 3.05) is 0 Å². The van der Waals surface area contributed by atoms with Crippen LogP contribution in [0.5, 0.6) is 0 Å². The van der Waals surface area contributed by atoms with Crippen molar-refractivity contribution >= 4 is 35.7 Å². The second kappa shape index (κ2) is 6.87. The molecule has 0 radical (unpaired) electrons. The molecule has 0 spiro atoms. The fourth-order valence-corrected chi connectivity index (χ4v) is 4.50. The Labute approximate surface area is 136 Å². The van der Waals surface area contributed by atoms with Crippen molar-refractivity contribution in [3.63, 3.8) is 0 Å². The second-order valence-electron chi connectivity index (χ2n) is 4.82. The van der Waals surface area contributed by atoms with Gasteiger partial charge in [-0.05, 0) is 34.9 Å². The number of carbonyl (C=O) groups excluding carboxylic acids is 1. The minimum absolute atomic E-state index is 0.143. The van der Waals surface area contributed by atoms with E-state index in [0.717, 1.165) is 10.6 Å². The number of halogens is 1. The molecule has 0 aliphatic carbocycles. The highest BCUT2D eigenvalue weighted by Crippen LogP contribution is 2.37. The molecule has 0 heterocycles. The van der Waals surface area contributed by atoms with Gasteiger partial charge in [0, 0.05) is 18.5 Å². The molecule has 0 aliphatic heterocycles. The first-order valence-corrected chi connectivity index (χ1v) is 8.68. The van der Waals surface area contributed by atoms with Crippen LogP contribution < -0.4 is 10.6 Å². The molecule has 0 amide bonds. The van der Waals surface area contributed by atoms with Crippen LogP contribution in [0.4, 0.5) is 0 Å². The predicted molar refractivity (Wildman–Crippen MR) is 94.9 cm³/mol. The normalized spacial score (nSPS) is 10.6. The third kappa shape index (κ3) is 3.27. The zero-order valence-electron chi connectivity index (χ0n) is 11.8. The summed E-state index contributed by atoms with van der Waals surface area (Å²) in [7, 11) is -1.08. The molecule has 3 aromatic carbocycles. The van der Waals surface area contributed by atoms with Gasteiger partial charge in [0.05, 0.1) is 0 Å². The molecular formula is C19H14ClOP. The highest BCUT2D eigenvalue weighted by molar-refractivity contribution is 7.88. The molecule has 0 atom stereocenters. The first-order chi connectivity index (χ1) is 10.8. The zero-order valence-corrected chi connectivity index (χ0v) is 13.5. The summed E-state index contributed by atoms with van der Waals surface area (Å²) in [6.45, 7) is 0. The summed E-state index contributed by atoms with van der Waals surface area (Å²) in [5.41, 5.74) is 0.840. The summed E-state index contributed by atoms with van der Waals surface area (Å²) >= 11 is 5.92. The molecule has 0 fully saturated rings. The molecule has 3 rings (SSSR count). The number of hydrogen-bond acceptors (Lipinski definition) is 1. The van der Waals surface area contributed by atoms with Gasteiger partial charge in [-0.25, -0.2) is 0 Å². The highest BCUT2D eigenvalue weighted by Gasteiger charge is 2.23. The molecule has 0 saturated heterocycles. The van der Waals surface area contributed by atoms with Gasteiger partial charge in [0.15, 0.2) is 5.52 Å². The Morgan fingerprint density at radius 1 is 0.682 bits per heavy atom. The van der Waals surface area contributed by atoms with Gasteiger partial charge in [-0.15, -0.1) is 0 Å². The van der Waals surface area contributed by atoms with Crippen molar-refractivity contribution in [1.29, 1.82) is 0 Å². The first-order valence-electron chi connectivity index (χ1n) is 6.96. The lowest BCUT2D eigenvalue weighted by Gasteiger charge is -2.17. The maximum atomic E-state index is 13.0. The fraction of sp³-hybridized carbons (Fsp3) is 0. The van der Waals surface area contributed by atoms with Crippen molar-refractivity contribution < 1.29 is 4.79 Å². The zero-order chi connectivity index (χ0) is 15.4. The van der Waals surface area contributed by atoms with E-state index in [-0.39, 0.29) is 5.52 Å². The van der Waals surface area contributed by atoms with E-state index in [1.165, 1.54) is 0 Å². The lowest BCUT2D eigenvalue weighted by molar-refractivity contribution is 0.108. The number of carbonyl (C=O) groups is 1. The summed E-state index contributed by atoms with van der Waals surface area (Å²) in [6, 6.07) is 27.0. The Morgan fingerprint density at radius 2 is 1.14 bits per heavy atom. The average Bonchev–Trinajstić information content (AvgIpc) is 2.57. The third-order valence-electron chi connectivity index (χ3n) is 3.32. The van der Waals surface area contributed by atoms with E-state index in [4.69, 9.17) is 11.6 Å². The van der Waals surface area contributed by atoms with Crippen LogP contribution in [0.25, 0.3) is 0 Å². The van der Waals surface area contributed by atoms with Crippen LogP contribution in [0.15, 0.2) is 84.9 Å². The predicted octanol–water partition coefficient (Wildman–Crippen LogP) is 4.61. The van der Waals surface area contributed by atoms with Crippen molar-refractivity contribution in [3.05, 3.63) is 95.5 Å². The Balaban J connectivity index is 2.06. The van der Waals surface area contributed by atoms with E-state index < -0.39 is 7.92 Å². The van der Waals surface area contributed by atoms with E-state index in [1.807, 2.05) is 60.7 Å². The third-order valence-corrected chi connectivity index (χ3v) is 5.87. The van der Waals surface area contributed by atoms with Crippen LogP contribution in [0.1, 0.15) is 10.4 Å². The van der Waals surface area contributed by atoms with Crippen molar-refractivity contribution in [1.82, 2.24) is 0 Å². The summed E-state index contributed by atoms with van der Waals surface area (Å²) in [5, 5.41) is 2.76. The molecule has 0 saturated carbocycles. The molecule has 0 aliphatic rings. The Morgan fingerprint density at radius 3 is 1.59 bits per heavy atom. The standard InChI is InChI=1S/C19H14ClOP/c20-16-13-11-15(12-14-16)19(21)22(17-7-3-1-4-8-17)18-9-5-2-6-10-18/h1-14H. The van der Waals surface area contributed by atoms with Crippen molar-refractivity contribution in [3.8, 4) is 0 Å². The maximum absolute atomic E-state index is 13.0. The number of hydrogen-bond donors (Lipinski definition) is 0. The number of rotatable bonds is 4. The summed E-state index contributed by atoms with van der Waals surface area (Å²) in [6.07, 6.45) is 0. The van der Waals surface area contributed by atoms with Crippen LogP contribution in [0.3, 0.4) is 0 Å². The van der Waals surface area contributed by atoms with E-state index in [0.29, 0.717) is 10.6 Å². The Hall–Kier alpha value is -1.95. The molecule has 3 aromatic rings. The Bertz CT molecular complexity index is 715. The van der Waals surface area contributed by atoms with Gasteiger partial charge < -0.3 is 0 Å². The quantitative estimate of drug-likeness (QED) is 0.640. The molecule has 108 valence electrons. The van der Waals surface area contributed by atoms with Gasteiger partial charge in [-0.2, -0.15) is 0 Å². The van der Waals surface area contributed by atoms with Gasteiger partial charge in [0.25, 0.3) is 0 Å². The molecule has 1 nitrogen and oxygen atoms in total. The van der Waals surface area contributed by atoms with Crippen molar-refractivity contribution in [2.45, 2.75) is 0 Å². The molecule has 0 N–H and O–H groups in total. The molecule has 22 heavy (non-hydrogen) atoms. The van der Waals surface area contributed by atoms with E-state index in [1.54, 1.807) is 24.3 Å². The van der Waals surface area contributed by atoms with Crippen molar-refractivity contribution in [2.24, 2.45) is 0 Å². The minimum Gasteiger partial charge on any atom is -0.288 e. The van der Waals surface area contributed by atoms with Crippen LogP contribution in [-0.4, -0.2) is 5.52 Å². The van der Waals surface area contributed by atoms with E-state index in [9.17, 15) is 4.79 Å². The van der Waals surface area contributed by atoms with Gasteiger partial charge in [-0.1, -0.05) is 72.3 Å². The van der Waals surface area contributed by atoms with E-state index in [2.05, 4.69) is 0 Å². The summed E-state index contributed by atoms with van der Waals surface area (Å²) in [5.74, 6) is 0. The highest BCUT2D eigenvalue weighted by atomic mass is 35.5. The van der Waals surface area contributed by atoms with Crippen LogP contribution in [-0.2, 0) is 0 Å². The van der Waals surface area contributed by atoms with Gasteiger partial charge in [0.2, 0.25) is 0 Å². The van der Waals surface area contributed by atoms with Gasteiger partial charge in [-0.3, -0.25) is 4.79 Å².